The number of anilines is 2. The molecule has 15 nitrogen and oxygen atoms in total. The fraction of sp³-hybridized carbons (Fsp3) is 0.625. The van der Waals surface area contributed by atoms with Crippen molar-refractivity contribution >= 4 is 23.5 Å². The smallest absolute Gasteiger partial charge is 0.339 e. The molecule has 0 aliphatic carbocycles. The molecule has 0 saturated carbocycles. The van der Waals surface area contributed by atoms with Crippen LogP contribution in [0.15, 0.2) is 30.5 Å². The zero-order chi connectivity index (χ0) is 47.0. The van der Waals surface area contributed by atoms with Crippen molar-refractivity contribution in [3.8, 4) is 23.0 Å². The minimum atomic E-state index is -1.18. The lowest BCUT2D eigenvalue weighted by molar-refractivity contribution is -0.229. The van der Waals surface area contributed by atoms with Gasteiger partial charge >= 0.3 is 5.97 Å². The molecule has 8 N–H and O–H groups in total. The molecule has 5 rings (SSSR count). The number of aromatic carboxylic acids is 1. The number of carboxylic acids is 1. The van der Waals surface area contributed by atoms with Gasteiger partial charge in [-0.3, -0.25) is 4.79 Å². The summed E-state index contributed by atoms with van der Waals surface area (Å²) in [6.07, 6.45) is 5.48. The van der Waals surface area contributed by atoms with Crippen LogP contribution in [0.25, 0.3) is 0 Å². The molecule has 15 heteroatoms. The Kier molecular flexibility index (Phi) is 17.6. The summed E-state index contributed by atoms with van der Waals surface area (Å²) in [5.41, 5.74) is 12.6. The second kappa shape index (κ2) is 21.8. The van der Waals surface area contributed by atoms with Crippen LogP contribution in [0.2, 0.25) is 0 Å². The van der Waals surface area contributed by atoms with Gasteiger partial charge in [-0.2, -0.15) is 4.98 Å². The van der Waals surface area contributed by atoms with Crippen molar-refractivity contribution in [2.45, 2.75) is 149 Å². The second-order valence-corrected chi connectivity index (χ2v) is 17.6. The van der Waals surface area contributed by atoms with Crippen LogP contribution in [0.1, 0.15) is 126 Å². The summed E-state index contributed by atoms with van der Waals surface area (Å²) in [5.74, 6) is -0.320. The summed E-state index contributed by atoms with van der Waals surface area (Å²) >= 11 is 0. The highest BCUT2D eigenvalue weighted by Gasteiger charge is 2.55. The van der Waals surface area contributed by atoms with Crippen molar-refractivity contribution in [3.05, 3.63) is 58.3 Å². The largest absolute Gasteiger partial charge is 0.507 e. The Morgan fingerprint density at radius 1 is 1.00 bits per heavy atom. The van der Waals surface area contributed by atoms with Gasteiger partial charge in [0.25, 0.3) is 0 Å². The van der Waals surface area contributed by atoms with Gasteiger partial charge in [0.1, 0.15) is 22.9 Å². The molecule has 2 aromatic carbocycles. The van der Waals surface area contributed by atoms with Gasteiger partial charge in [-0.05, 0) is 106 Å². The first-order valence-corrected chi connectivity index (χ1v) is 22.2. The van der Waals surface area contributed by atoms with Crippen LogP contribution in [0.4, 0.5) is 11.8 Å². The summed E-state index contributed by atoms with van der Waals surface area (Å²) in [4.78, 5) is 33.6. The number of hydrogen-bond donors (Lipinski definition) is 6. The van der Waals surface area contributed by atoms with Crippen molar-refractivity contribution in [2.75, 3.05) is 32.8 Å². The third-order valence-corrected chi connectivity index (χ3v) is 13.7. The van der Waals surface area contributed by atoms with Crippen molar-refractivity contribution in [2.24, 2.45) is 23.7 Å². The molecule has 2 fully saturated rings. The Morgan fingerprint density at radius 3 is 2.17 bits per heavy atom. The Balaban J connectivity index is 0.000000346. The van der Waals surface area contributed by atoms with Crippen LogP contribution < -0.4 is 25.7 Å². The maximum atomic E-state index is 13.9. The number of ketones is 1. The number of rotatable bonds is 18. The quantitative estimate of drug-likeness (QED) is 0.0747. The number of hydrogen-bond acceptors (Lipinski definition) is 14. The van der Waals surface area contributed by atoms with Gasteiger partial charge < -0.3 is 55.6 Å². The number of nitrogens with zero attached hydrogens (tertiary/aromatic N) is 2. The first-order chi connectivity index (χ1) is 29.7. The molecular formula is C48H72N4O11. The van der Waals surface area contributed by atoms with E-state index >= 15 is 0 Å². The van der Waals surface area contributed by atoms with E-state index in [-0.39, 0.29) is 59.1 Å². The van der Waals surface area contributed by atoms with Gasteiger partial charge in [0, 0.05) is 30.0 Å². The lowest BCUT2D eigenvalue weighted by atomic mass is 9.76. The molecule has 350 valence electrons. The molecule has 3 heterocycles. The number of aryl methyl sites for hydroxylation is 2. The zero-order valence-electron chi connectivity index (χ0n) is 39.1. The SMILES string of the molecule is CC[C@@H](C(=O)[C@@H](C)[C@@H](O)[C@H](C)CCc1ccc(C)c(O)c1C(=O)O)[C@H]1O[C@](CC)([C@H]2CC[C@](O)(CC)[C@H](C)O2)C[C@@H]1C.COc1cc(Cc2cnc(N)nc2N)cc(OC)c1OC. The minimum absolute atomic E-state index is 0.0157. The van der Waals surface area contributed by atoms with E-state index in [9.17, 15) is 30.0 Å². The van der Waals surface area contributed by atoms with Gasteiger partial charge in [-0.1, -0.05) is 53.7 Å². The molecule has 0 radical (unpaired) electrons. The third-order valence-electron chi connectivity index (χ3n) is 13.7. The molecule has 0 unspecified atom stereocenters. The molecular weight excluding hydrogens is 809 g/mol. The standard InChI is InChI=1S/C34H54O8.C14H18N4O3/c1-9-25(31-21(6)18-34(11-3,42-31)26-16-17-33(40,10-2)23(8)41-26)30(37)22(7)28(35)19(4)12-14-24-15-13-20(5)29(36)27(24)32(38)39;1-19-10-5-8(6-11(20-2)12(10)21-3)4-9-7-17-14(16)18-13(9)15/h13,15,19,21-23,25-26,28,31,35-36,40H,9-12,14,16-18H2,1-8H3,(H,38,39);5-7H,4H2,1-3H3,(H4,15,16,17,18)/t19-,21+,22+,23+,25+,26-,28+,31+,33-,34+;/m1./s1. The van der Waals surface area contributed by atoms with E-state index in [1.54, 1.807) is 53.5 Å². The number of aromatic hydroxyl groups is 1. The second-order valence-electron chi connectivity index (χ2n) is 17.6. The fourth-order valence-electron chi connectivity index (χ4n) is 9.47. The maximum absolute atomic E-state index is 13.9. The van der Waals surface area contributed by atoms with Crippen LogP contribution in [0, 0.1) is 30.6 Å². The van der Waals surface area contributed by atoms with Crippen molar-refractivity contribution in [3.63, 3.8) is 0 Å². The van der Waals surface area contributed by atoms with Gasteiger partial charge in [-0.25, -0.2) is 9.78 Å². The molecule has 0 bridgehead atoms. The molecule has 0 amide bonds. The number of aromatic nitrogens is 2. The van der Waals surface area contributed by atoms with Gasteiger partial charge in [0.05, 0.1) is 56.9 Å². The highest BCUT2D eigenvalue weighted by Crippen LogP contribution is 2.48. The lowest BCUT2D eigenvalue weighted by Crippen LogP contribution is -2.55. The van der Waals surface area contributed by atoms with Crippen molar-refractivity contribution in [1.29, 1.82) is 0 Å². The number of Topliss-reactive ketones (excluding diaryl/α,β-unsaturated/α-hetero) is 1. The summed E-state index contributed by atoms with van der Waals surface area (Å²) in [6.45, 7) is 15.4. The monoisotopic (exact) mass is 881 g/mol. The minimum Gasteiger partial charge on any atom is -0.507 e. The van der Waals surface area contributed by atoms with E-state index in [0.29, 0.717) is 79.1 Å². The number of carbonyl (C=O) groups excluding carboxylic acids is 1. The van der Waals surface area contributed by atoms with Crippen LogP contribution in [0.3, 0.4) is 0 Å². The van der Waals surface area contributed by atoms with Crippen molar-refractivity contribution in [1.82, 2.24) is 9.97 Å². The third kappa shape index (κ3) is 11.3. The molecule has 3 aromatic rings. The molecule has 0 spiro atoms. The number of phenols is 1. The summed E-state index contributed by atoms with van der Waals surface area (Å²) in [7, 11) is 4.70. The normalized spacial score (nSPS) is 25.2. The van der Waals surface area contributed by atoms with Crippen LogP contribution >= 0.6 is 0 Å². The van der Waals surface area contributed by atoms with Gasteiger partial charge in [-0.15, -0.1) is 0 Å². The van der Waals surface area contributed by atoms with Gasteiger partial charge in [0.15, 0.2) is 11.5 Å². The van der Waals surface area contributed by atoms with Crippen LogP contribution in [-0.4, -0.2) is 99.1 Å². The molecule has 1 aromatic heterocycles. The zero-order valence-corrected chi connectivity index (χ0v) is 39.1. The highest BCUT2D eigenvalue weighted by atomic mass is 16.6. The van der Waals surface area contributed by atoms with Gasteiger partial charge in [0.2, 0.25) is 11.7 Å². The summed E-state index contributed by atoms with van der Waals surface area (Å²) in [6, 6.07) is 7.12. The number of carboxylic acid groups (broad SMARTS) is 1. The highest BCUT2D eigenvalue weighted by molar-refractivity contribution is 5.93. The number of methoxy groups -OCH3 is 3. The molecule has 63 heavy (non-hydrogen) atoms. The summed E-state index contributed by atoms with van der Waals surface area (Å²) < 4.78 is 29.2. The predicted octanol–water partition coefficient (Wildman–Crippen LogP) is 7.10. The average molecular weight is 881 g/mol. The van der Waals surface area contributed by atoms with Crippen molar-refractivity contribution < 1.29 is 53.7 Å². The average Bonchev–Trinajstić information content (AvgIpc) is 3.61. The number of aliphatic hydroxyl groups is 2. The Bertz CT molecular complexity index is 2010. The lowest BCUT2D eigenvalue weighted by Gasteiger charge is -2.47. The number of nitrogen functional groups attached to an aromatic ring is 2. The van der Waals surface area contributed by atoms with Crippen LogP contribution in [0.5, 0.6) is 23.0 Å². The van der Waals surface area contributed by atoms with E-state index < -0.39 is 29.2 Å². The van der Waals surface area contributed by atoms with E-state index in [2.05, 4.69) is 23.8 Å². The molecule has 2 saturated heterocycles. The Labute approximate surface area is 372 Å². The van der Waals surface area contributed by atoms with Crippen LogP contribution in [-0.2, 0) is 27.1 Å². The van der Waals surface area contributed by atoms with E-state index in [0.717, 1.165) is 24.0 Å². The number of nitrogens with two attached hydrogens (primary N) is 2. The topological polar surface area (TPSA) is 239 Å². The molecule has 2 aliphatic heterocycles. The predicted molar refractivity (Wildman–Crippen MR) is 241 cm³/mol. The number of benzene rings is 2. The molecule has 2 aliphatic rings. The number of aliphatic hydroxyl groups excluding tert-OH is 1. The Morgan fingerprint density at radius 2 is 1.65 bits per heavy atom. The van der Waals surface area contributed by atoms with E-state index in [1.807, 2.05) is 39.8 Å². The number of carbonyl (C=O) groups is 2. The summed E-state index contributed by atoms with van der Waals surface area (Å²) in [5, 5.41) is 42.1. The van der Waals surface area contributed by atoms with E-state index in [4.69, 9.17) is 35.2 Å². The Hall–Kier alpha value is -4.70. The van der Waals surface area contributed by atoms with E-state index in [1.165, 1.54) is 0 Å². The molecule has 10 atom stereocenters. The maximum Gasteiger partial charge on any atom is 0.339 e. The first kappa shape index (κ1) is 50.9. The number of ether oxygens (including phenoxy) is 5. The first-order valence-electron chi connectivity index (χ1n) is 22.2. The fourth-order valence-corrected chi connectivity index (χ4v) is 9.47.